The van der Waals surface area contributed by atoms with Crippen molar-refractivity contribution in [1.29, 1.82) is 0 Å². The van der Waals surface area contributed by atoms with Crippen molar-refractivity contribution < 1.29 is 9.53 Å². The van der Waals surface area contributed by atoms with Gasteiger partial charge in [-0.1, -0.05) is 25.8 Å². The minimum atomic E-state index is -0.215. The fourth-order valence-electron chi connectivity index (χ4n) is 2.58. The second kappa shape index (κ2) is 9.10. The summed E-state index contributed by atoms with van der Waals surface area (Å²) in [6, 6.07) is 0.776. The van der Waals surface area contributed by atoms with Crippen LogP contribution in [0.3, 0.4) is 0 Å². The van der Waals surface area contributed by atoms with Crippen LogP contribution in [-0.2, 0) is 9.53 Å². The minimum Gasteiger partial charge on any atom is -0.466 e. The van der Waals surface area contributed by atoms with E-state index in [-0.39, 0.29) is 5.97 Å². The molecule has 0 bridgehead atoms. The van der Waals surface area contributed by atoms with Crippen molar-refractivity contribution in [3.8, 4) is 0 Å². The third-order valence-corrected chi connectivity index (χ3v) is 3.91. The van der Waals surface area contributed by atoms with E-state index in [0.29, 0.717) is 0 Å². The van der Waals surface area contributed by atoms with E-state index >= 15 is 0 Å². The Balaban J connectivity index is 2.15. The Hall–Kier alpha value is -0.870. The Morgan fingerprint density at radius 2 is 2.11 bits per heavy atom. The number of hydrogen-bond donors (Lipinski definition) is 1. The highest BCUT2D eigenvalue weighted by molar-refractivity contribution is 5.88. The summed E-state index contributed by atoms with van der Waals surface area (Å²) in [6.45, 7) is 4.73. The standard InChI is InChI=1S/C15H28N2O2/c1-4-13(15(18)19-3)9-10-16-11-12-17(2)14-7-5-6-8-14/h9,14,16H,4-8,10-12H2,1-3H3. The number of nitrogens with one attached hydrogen (secondary N) is 1. The van der Waals surface area contributed by atoms with Crippen LogP contribution >= 0.6 is 0 Å². The highest BCUT2D eigenvalue weighted by Crippen LogP contribution is 2.21. The molecular formula is C15H28N2O2. The molecule has 0 heterocycles. The Morgan fingerprint density at radius 1 is 1.42 bits per heavy atom. The van der Waals surface area contributed by atoms with Crippen LogP contribution in [0.15, 0.2) is 11.6 Å². The van der Waals surface area contributed by atoms with Gasteiger partial charge in [-0.15, -0.1) is 0 Å². The van der Waals surface area contributed by atoms with Crippen LogP contribution in [0.5, 0.6) is 0 Å². The van der Waals surface area contributed by atoms with Crippen molar-refractivity contribution in [1.82, 2.24) is 10.2 Å². The third kappa shape index (κ3) is 5.74. The molecular weight excluding hydrogens is 240 g/mol. The lowest BCUT2D eigenvalue weighted by Gasteiger charge is -2.23. The van der Waals surface area contributed by atoms with Crippen molar-refractivity contribution in [2.24, 2.45) is 0 Å². The molecule has 0 aromatic heterocycles. The van der Waals surface area contributed by atoms with Crippen LogP contribution in [0, 0.1) is 0 Å². The van der Waals surface area contributed by atoms with E-state index in [4.69, 9.17) is 4.74 Å². The lowest BCUT2D eigenvalue weighted by atomic mass is 10.2. The van der Waals surface area contributed by atoms with Crippen molar-refractivity contribution in [3.05, 3.63) is 11.6 Å². The zero-order valence-electron chi connectivity index (χ0n) is 12.6. The lowest BCUT2D eigenvalue weighted by molar-refractivity contribution is -0.136. The summed E-state index contributed by atoms with van der Waals surface area (Å²) in [5.74, 6) is -0.215. The Bertz CT molecular complexity index is 297. The van der Waals surface area contributed by atoms with E-state index in [1.165, 1.54) is 32.8 Å². The van der Waals surface area contributed by atoms with Gasteiger partial charge in [0.25, 0.3) is 0 Å². The van der Waals surface area contributed by atoms with Crippen LogP contribution in [0.1, 0.15) is 39.0 Å². The van der Waals surface area contributed by atoms with Gasteiger partial charge in [-0.3, -0.25) is 0 Å². The van der Waals surface area contributed by atoms with Gasteiger partial charge in [0.2, 0.25) is 0 Å². The minimum absolute atomic E-state index is 0.215. The summed E-state index contributed by atoms with van der Waals surface area (Å²) in [5, 5.41) is 3.36. The number of ether oxygens (including phenoxy) is 1. The van der Waals surface area contributed by atoms with Gasteiger partial charge in [-0.25, -0.2) is 4.79 Å². The normalized spacial score (nSPS) is 17.2. The lowest BCUT2D eigenvalue weighted by Crippen LogP contribution is -2.35. The number of rotatable bonds is 8. The van der Waals surface area contributed by atoms with Crippen LogP contribution < -0.4 is 5.32 Å². The van der Waals surface area contributed by atoms with Crippen LogP contribution in [0.4, 0.5) is 0 Å². The topological polar surface area (TPSA) is 41.6 Å². The van der Waals surface area contributed by atoms with Crippen LogP contribution in [0.25, 0.3) is 0 Å². The highest BCUT2D eigenvalue weighted by atomic mass is 16.5. The fourth-order valence-corrected chi connectivity index (χ4v) is 2.58. The molecule has 0 saturated heterocycles. The number of carbonyl (C=O) groups excluding carboxylic acids is 1. The molecule has 0 aliphatic heterocycles. The predicted octanol–water partition coefficient (Wildman–Crippen LogP) is 1.96. The molecule has 0 amide bonds. The molecule has 19 heavy (non-hydrogen) atoms. The number of nitrogens with zero attached hydrogens (tertiary/aromatic N) is 1. The van der Waals surface area contributed by atoms with Gasteiger partial charge < -0.3 is 15.0 Å². The van der Waals surface area contributed by atoms with Gasteiger partial charge in [0.05, 0.1) is 7.11 Å². The molecule has 0 unspecified atom stereocenters. The molecule has 0 aromatic carbocycles. The quantitative estimate of drug-likeness (QED) is 0.415. The first-order valence-electron chi connectivity index (χ1n) is 7.37. The zero-order valence-corrected chi connectivity index (χ0v) is 12.6. The van der Waals surface area contributed by atoms with Crippen molar-refractivity contribution in [2.45, 2.75) is 45.1 Å². The first-order chi connectivity index (χ1) is 9.19. The van der Waals surface area contributed by atoms with Crippen molar-refractivity contribution >= 4 is 5.97 Å². The first kappa shape index (κ1) is 16.2. The third-order valence-electron chi connectivity index (χ3n) is 3.91. The first-order valence-corrected chi connectivity index (χ1v) is 7.37. The van der Waals surface area contributed by atoms with Gasteiger partial charge in [-0.05, 0) is 26.3 Å². The largest absolute Gasteiger partial charge is 0.466 e. The molecule has 1 N–H and O–H groups in total. The van der Waals surface area contributed by atoms with E-state index in [2.05, 4.69) is 17.3 Å². The van der Waals surface area contributed by atoms with Gasteiger partial charge in [0, 0.05) is 31.2 Å². The molecule has 1 fully saturated rings. The molecule has 0 radical (unpaired) electrons. The summed E-state index contributed by atoms with van der Waals surface area (Å²) < 4.78 is 4.72. The average Bonchev–Trinajstić information content (AvgIpc) is 2.96. The summed E-state index contributed by atoms with van der Waals surface area (Å²) in [5.41, 5.74) is 0.749. The zero-order chi connectivity index (χ0) is 14.1. The molecule has 4 heteroatoms. The number of likely N-dealkylation sites (N-methyl/N-ethyl adjacent to an activating group) is 1. The smallest absolute Gasteiger partial charge is 0.333 e. The molecule has 0 aromatic rings. The Morgan fingerprint density at radius 3 is 2.68 bits per heavy atom. The highest BCUT2D eigenvalue weighted by Gasteiger charge is 2.18. The van der Waals surface area contributed by atoms with E-state index in [9.17, 15) is 4.79 Å². The van der Waals surface area contributed by atoms with E-state index in [0.717, 1.165) is 37.7 Å². The summed E-state index contributed by atoms with van der Waals surface area (Å²) in [6.07, 6.45) is 8.10. The summed E-state index contributed by atoms with van der Waals surface area (Å²) in [4.78, 5) is 13.8. The van der Waals surface area contributed by atoms with Gasteiger partial charge in [0.1, 0.15) is 0 Å². The van der Waals surface area contributed by atoms with Crippen LogP contribution in [-0.4, -0.2) is 50.7 Å². The van der Waals surface area contributed by atoms with E-state index in [1.54, 1.807) is 0 Å². The summed E-state index contributed by atoms with van der Waals surface area (Å²) >= 11 is 0. The Labute approximate surface area is 117 Å². The second-order valence-electron chi connectivity index (χ2n) is 5.20. The molecule has 0 atom stereocenters. The molecule has 1 aliphatic rings. The SMILES string of the molecule is CCC(=CCNCCN(C)C1CCCC1)C(=O)OC. The number of esters is 1. The van der Waals surface area contributed by atoms with E-state index in [1.807, 2.05) is 13.0 Å². The maximum Gasteiger partial charge on any atom is 0.333 e. The van der Waals surface area contributed by atoms with Crippen molar-refractivity contribution in [2.75, 3.05) is 33.8 Å². The second-order valence-corrected chi connectivity index (χ2v) is 5.20. The van der Waals surface area contributed by atoms with E-state index < -0.39 is 0 Å². The Kier molecular flexibility index (Phi) is 7.75. The average molecular weight is 268 g/mol. The maximum absolute atomic E-state index is 11.4. The molecule has 1 rings (SSSR count). The van der Waals surface area contributed by atoms with Gasteiger partial charge >= 0.3 is 5.97 Å². The number of methoxy groups -OCH3 is 1. The van der Waals surface area contributed by atoms with Gasteiger partial charge in [0.15, 0.2) is 0 Å². The van der Waals surface area contributed by atoms with Gasteiger partial charge in [-0.2, -0.15) is 0 Å². The maximum atomic E-state index is 11.4. The molecule has 110 valence electrons. The predicted molar refractivity (Wildman–Crippen MR) is 78.1 cm³/mol. The molecule has 0 spiro atoms. The fraction of sp³-hybridized carbons (Fsp3) is 0.800. The monoisotopic (exact) mass is 268 g/mol. The summed E-state index contributed by atoms with van der Waals surface area (Å²) in [7, 11) is 3.63. The van der Waals surface area contributed by atoms with Crippen LogP contribution in [0.2, 0.25) is 0 Å². The number of carbonyl (C=O) groups is 1. The molecule has 4 nitrogen and oxygen atoms in total. The van der Waals surface area contributed by atoms with Crippen molar-refractivity contribution in [3.63, 3.8) is 0 Å². The number of hydrogen-bond acceptors (Lipinski definition) is 4. The molecule has 1 aliphatic carbocycles. The molecule has 1 saturated carbocycles.